The Labute approximate surface area is 153 Å². The molecule has 0 bridgehead atoms. The number of hydrogen-bond donors (Lipinski definition) is 0. The Morgan fingerprint density at radius 1 is 1.19 bits per heavy atom. The fourth-order valence-electron chi connectivity index (χ4n) is 4.61. The first-order valence-electron chi connectivity index (χ1n) is 9.76. The van der Waals surface area contributed by atoms with Gasteiger partial charge in [0, 0.05) is 36.6 Å². The number of carbonyl (C=O) groups is 2. The molecule has 1 aromatic carbocycles. The van der Waals surface area contributed by atoms with E-state index in [2.05, 4.69) is 11.8 Å². The van der Waals surface area contributed by atoms with Gasteiger partial charge in [0.1, 0.15) is 0 Å². The number of amides is 2. The van der Waals surface area contributed by atoms with Gasteiger partial charge in [0.15, 0.2) is 6.04 Å². The first-order valence-corrected chi connectivity index (χ1v) is 9.76. The second kappa shape index (κ2) is 6.82. The number of hydrogen-bond acceptors (Lipinski definition) is 4. The van der Waals surface area contributed by atoms with Crippen molar-refractivity contribution < 1.29 is 14.3 Å². The minimum atomic E-state index is -0.612. The zero-order valence-corrected chi connectivity index (χ0v) is 15.3. The molecule has 1 aromatic rings. The Morgan fingerprint density at radius 2 is 2.04 bits per heavy atom. The molecule has 6 heteroatoms. The molecule has 26 heavy (non-hydrogen) atoms. The third kappa shape index (κ3) is 2.81. The average Bonchev–Trinajstić information content (AvgIpc) is 3.01. The molecule has 2 unspecified atom stereocenters. The summed E-state index contributed by atoms with van der Waals surface area (Å²) in [5.74, 6) is 0.104. The Kier molecular flexibility index (Phi) is 4.51. The van der Waals surface area contributed by atoms with Crippen molar-refractivity contribution >= 4 is 17.5 Å². The molecule has 0 saturated carbocycles. The number of carbonyl (C=O) groups excluding carboxylic acids is 2. The third-order valence-corrected chi connectivity index (χ3v) is 6.13. The van der Waals surface area contributed by atoms with Crippen LogP contribution in [0.4, 0.5) is 5.69 Å². The van der Waals surface area contributed by atoms with Gasteiger partial charge in [-0.25, -0.2) is 4.79 Å². The van der Waals surface area contributed by atoms with Crippen LogP contribution in [0.25, 0.3) is 0 Å². The Hall–Kier alpha value is -2.24. The SMILES string of the molecule is CCC1CCCN(c2cccc3c2C(=O)N(C2CCC[N+](=O)C2=O)C3)C1. The second-order valence-corrected chi connectivity index (χ2v) is 7.71. The van der Waals surface area contributed by atoms with Crippen molar-refractivity contribution in [3.63, 3.8) is 0 Å². The molecule has 6 nitrogen and oxygen atoms in total. The first kappa shape index (κ1) is 17.2. The van der Waals surface area contributed by atoms with Crippen molar-refractivity contribution in [1.82, 2.24) is 4.90 Å². The van der Waals surface area contributed by atoms with E-state index in [1.165, 1.54) is 6.42 Å². The lowest BCUT2D eigenvalue weighted by Gasteiger charge is -2.35. The van der Waals surface area contributed by atoms with Crippen LogP contribution < -0.4 is 4.90 Å². The van der Waals surface area contributed by atoms with Crippen LogP contribution in [-0.4, -0.2) is 47.2 Å². The second-order valence-electron chi connectivity index (χ2n) is 7.71. The molecule has 0 aromatic heterocycles. The summed E-state index contributed by atoms with van der Waals surface area (Å²) in [7, 11) is 0. The van der Waals surface area contributed by atoms with Gasteiger partial charge in [-0.15, -0.1) is 0 Å². The lowest BCUT2D eigenvalue weighted by molar-refractivity contribution is -0.480. The van der Waals surface area contributed by atoms with E-state index in [0.29, 0.717) is 30.1 Å². The summed E-state index contributed by atoms with van der Waals surface area (Å²) in [5, 5.41) is 0. The van der Waals surface area contributed by atoms with Crippen LogP contribution in [0.2, 0.25) is 0 Å². The molecule has 0 radical (unpaired) electrons. The van der Waals surface area contributed by atoms with Crippen molar-refractivity contribution in [3.05, 3.63) is 34.2 Å². The predicted molar refractivity (Wildman–Crippen MR) is 98.1 cm³/mol. The van der Waals surface area contributed by atoms with E-state index in [1.807, 2.05) is 18.2 Å². The summed E-state index contributed by atoms with van der Waals surface area (Å²) in [4.78, 5) is 41.2. The molecule has 3 aliphatic heterocycles. The summed E-state index contributed by atoms with van der Waals surface area (Å²) in [5.41, 5.74) is 2.71. The fraction of sp³-hybridized carbons (Fsp3) is 0.600. The molecule has 0 aliphatic carbocycles. The van der Waals surface area contributed by atoms with Gasteiger partial charge < -0.3 is 9.80 Å². The molecule has 2 fully saturated rings. The largest absolute Gasteiger partial charge is 0.455 e. The Bertz CT molecular complexity index is 761. The van der Waals surface area contributed by atoms with E-state index in [-0.39, 0.29) is 12.5 Å². The van der Waals surface area contributed by atoms with Crippen LogP contribution in [0, 0.1) is 10.8 Å². The number of fused-ring (bicyclic) bond motifs is 1. The molecule has 0 spiro atoms. The molecule has 2 saturated heterocycles. The van der Waals surface area contributed by atoms with Gasteiger partial charge >= 0.3 is 5.91 Å². The van der Waals surface area contributed by atoms with Crippen molar-refractivity contribution in [2.45, 2.75) is 51.6 Å². The maximum atomic E-state index is 13.2. The predicted octanol–water partition coefficient (Wildman–Crippen LogP) is 2.74. The monoisotopic (exact) mass is 356 g/mol. The maximum absolute atomic E-state index is 13.2. The van der Waals surface area contributed by atoms with E-state index < -0.39 is 11.9 Å². The number of piperidine rings is 2. The smallest absolute Gasteiger partial charge is 0.371 e. The highest BCUT2D eigenvalue weighted by molar-refractivity contribution is 6.05. The minimum Gasteiger partial charge on any atom is -0.371 e. The molecule has 138 valence electrons. The van der Waals surface area contributed by atoms with Crippen LogP contribution in [0.3, 0.4) is 0 Å². The molecule has 3 heterocycles. The van der Waals surface area contributed by atoms with Crippen LogP contribution in [0.15, 0.2) is 18.2 Å². The van der Waals surface area contributed by atoms with Crippen molar-refractivity contribution in [2.24, 2.45) is 5.92 Å². The van der Waals surface area contributed by atoms with Gasteiger partial charge in [-0.3, -0.25) is 4.79 Å². The van der Waals surface area contributed by atoms with Gasteiger partial charge in [0.2, 0.25) is 6.54 Å². The molecular formula is C20H26N3O3+. The number of nitroso groups, excluding NO2 is 1. The Morgan fingerprint density at radius 3 is 2.85 bits per heavy atom. The van der Waals surface area contributed by atoms with E-state index in [1.54, 1.807) is 4.90 Å². The van der Waals surface area contributed by atoms with Crippen LogP contribution in [-0.2, 0) is 11.3 Å². The summed E-state index contributed by atoms with van der Waals surface area (Å²) in [6.45, 7) is 4.84. The van der Waals surface area contributed by atoms with Crippen LogP contribution in [0.1, 0.15) is 54.9 Å². The normalized spacial score (nSPS) is 26.4. The zero-order chi connectivity index (χ0) is 18.3. The van der Waals surface area contributed by atoms with Crippen molar-refractivity contribution in [2.75, 3.05) is 24.5 Å². The van der Waals surface area contributed by atoms with E-state index in [9.17, 15) is 14.5 Å². The zero-order valence-electron chi connectivity index (χ0n) is 15.3. The van der Waals surface area contributed by atoms with E-state index in [4.69, 9.17) is 0 Å². The summed E-state index contributed by atoms with van der Waals surface area (Å²) < 4.78 is 0.516. The van der Waals surface area contributed by atoms with E-state index >= 15 is 0 Å². The summed E-state index contributed by atoms with van der Waals surface area (Å²) in [6.07, 6.45) is 4.78. The lowest BCUT2D eigenvalue weighted by Crippen LogP contribution is -2.48. The molecule has 2 atom stereocenters. The Balaban J connectivity index is 1.63. The van der Waals surface area contributed by atoms with Crippen molar-refractivity contribution in [1.29, 1.82) is 0 Å². The van der Waals surface area contributed by atoms with Crippen LogP contribution >= 0.6 is 0 Å². The first-order chi connectivity index (χ1) is 12.6. The molecular weight excluding hydrogens is 330 g/mol. The molecule has 2 amide bonds. The van der Waals surface area contributed by atoms with Crippen molar-refractivity contribution in [3.8, 4) is 0 Å². The number of rotatable bonds is 3. The number of nitrogens with zero attached hydrogens (tertiary/aromatic N) is 3. The van der Waals surface area contributed by atoms with Gasteiger partial charge in [-0.2, -0.15) is 0 Å². The standard InChI is InChI=1S/C20H26N3O3/c1-2-14-6-4-10-21(12-14)16-8-3-7-15-13-22(20(25)18(15)16)17-9-5-11-23(26)19(17)24/h3,7-8,14,17H,2,4-6,9-13H2,1H3/q+1. The van der Waals surface area contributed by atoms with Gasteiger partial charge in [-0.05, 0) is 36.8 Å². The summed E-state index contributed by atoms with van der Waals surface area (Å²) in [6, 6.07) is 5.39. The van der Waals surface area contributed by atoms with Crippen LogP contribution in [0.5, 0.6) is 0 Å². The highest BCUT2D eigenvalue weighted by atomic mass is 16.3. The molecule has 3 aliphatic rings. The van der Waals surface area contributed by atoms with Gasteiger partial charge in [0.25, 0.3) is 5.91 Å². The topological polar surface area (TPSA) is 60.7 Å². The number of benzene rings is 1. The minimum absolute atomic E-state index is 0.0946. The summed E-state index contributed by atoms with van der Waals surface area (Å²) >= 11 is 0. The molecule has 0 N–H and O–H groups in total. The van der Waals surface area contributed by atoms with Gasteiger partial charge in [-0.1, -0.05) is 25.5 Å². The highest BCUT2D eigenvalue weighted by Gasteiger charge is 2.46. The fourth-order valence-corrected chi connectivity index (χ4v) is 4.61. The average molecular weight is 356 g/mol. The number of anilines is 1. The quantitative estimate of drug-likeness (QED) is 0.782. The van der Waals surface area contributed by atoms with Gasteiger partial charge in [0.05, 0.1) is 10.3 Å². The van der Waals surface area contributed by atoms with E-state index in [0.717, 1.165) is 42.7 Å². The lowest BCUT2D eigenvalue weighted by atomic mass is 9.94. The maximum Gasteiger partial charge on any atom is 0.455 e. The molecule has 4 rings (SSSR count). The third-order valence-electron chi connectivity index (χ3n) is 6.13. The highest BCUT2D eigenvalue weighted by Crippen LogP contribution is 2.36.